The topological polar surface area (TPSA) is 52.7 Å². The fourth-order valence-corrected chi connectivity index (χ4v) is 3.66. The number of anilines is 2. The van der Waals surface area contributed by atoms with E-state index >= 15 is 0 Å². The lowest BCUT2D eigenvalue weighted by atomic mass is 10.1. The Kier molecular flexibility index (Phi) is 5.05. The number of benzene rings is 2. The highest BCUT2D eigenvalue weighted by molar-refractivity contribution is 6.31. The maximum Gasteiger partial charge on any atom is 0.333 e. The molecule has 0 radical (unpaired) electrons. The minimum atomic E-state index is -0.552. The summed E-state index contributed by atoms with van der Waals surface area (Å²) in [6.07, 6.45) is 4.78. The third-order valence-electron chi connectivity index (χ3n) is 4.94. The van der Waals surface area contributed by atoms with Crippen LogP contribution in [0.3, 0.4) is 0 Å². The van der Waals surface area contributed by atoms with Crippen molar-refractivity contribution in [2.75, 3.05) is 22.9 Å². The van der Waals surface area contributed by atoms with E-state index in [0.717, 1.165) is 30.8 Å². The van der Waals surface area contributed by atoms with Crippen LogP contribution in [0.2, 0.25) is 5.02 Å². The number of hydrogen-bond acceptors (Lipinski definition) is 3. The van der Waals surface area contributed by atoms with E-state index in [1.807, 2.05) is 4.90 Å². The molecule has 2 aliphatic rings. The van der Waals surface area contributed by atoms with E-state index in [1.54, 1.807) is 36.4 Å². The van der Waals surface area contributed by atoms with Gasteiger partial charge in [0.2, 0.25) is 0 Å². The molecule has 0 atom stereocenters. The van der Waals surface area contributed by atoms with E-state index in [2.05, 4.69) is 5.32 Å². The first-order valence-corrected chi connectivity index (χ1v) is 9.58. The van der Waals surface area contributed by atoms with Crippen LogP contribution in [0, 0.1) is 5.82 Å². The summed E-state index contributed by atoms with van der Waals surface area (Å²) in [7, 11) is 0. The second-order valence-corrected chi connectivity index (χ2v) is 7.30. The van der Waals surface area contributed by atoms with Gasteiger partial charge in [-0.2, -0.15) is 0 Å². The monoisotopic (exact) mass is 399 g/mol. The molecule has 2 heterocycles. The van der Waals surface area contributed by atoms with Gasteiger partial charge in [0.15, 0.2) is 0 Å². The van der Waals surface area contributed by atoms with Crippen LogP contribution in [0.15, 0.2) is 48.2 Å². The highest BCUT2D eigenvalue weighted by Gasteiger charge is 2.34. The number of urea groups is 1. The Bertz CT molecular complexity index is 953. The first kappa shape index (κ1) is 18.5. The van der Waals surface area contributed by atoms with E-state index in [0.29, 0.717) is 22.0 Å². The average Bonchev–Trinajstić information content (AvgIpc) is 2.97. The largest absolute Gasteiger partial charge is 0.369 e. The van der Waals surface area contributed by atoms with Gasteiger partial charge >= 0.3 is 6.03 Å². The number of carbonyl (C=O) groups excluding carboxylic acids is 2. The quantitative estimate of drug-likeness (QED) is 0.607. The van der Waals surface area contributed by atoms with Crippen molar-refractivity contribution >= 4 is 41.0 Å². The van der Waals surface area contributed by atoms with Crippen LogP contribution in [-0.2, 0) is 4.79 Å². The smallest absolute Gasteiger partial charge is 0.333 e. The van der Waals surface area contributed by atoms with E-state index in [9.17, 15) is 14.0 Å². The van der Waals surface area contributed by atoms with E-state index < -0.39 is 11.9 Å². The molecule has 1 N–H and O–H groups in total. The Morgan fingerprint density at radius 2 is 1.71 bits per heavy atom. The van der Waals surface area contributed by atoms with Gasteiger partial charge in [-0.05, 0) is 67.3 Å². The predicted octanol–water partition coefficient (Wildman–Crippen LogP) is 4.57. The van der Waals surface area contributed by atoms with Crippen LogP contribution in [0.4, 0.5) is 20.6 Å². The maximum absolute atomic E-state index is 14.6. The molecule has 2 aliphatic heterocycles. The van der Waals surface area contributed by atoms with Gasteiger partial charge in [0.25, 0.3) is 5.91 Å². The summed E-state index contributed by atoms with van der Waals surface area (Å²) < 4.78 is 14.6. The minimum Gasteiger partial charge on any atom is -0.369 e. The van der Waals surface area contributed by atoms with Crippen molar-refractivity contribution in [1.29, 1.82) is 0 Å². The van der Waals surface area contributed by atoms with Gasteiger partial charge in [-0.1, -0.05) is 17.7 Å². The number of nitrogens with one attached hydrogen (secondary N) is 1. The normalized spacial score (nSPS) is 18.7. The van der Waals surface area contributed by atoms with Crippen LogP contribution >= 0.6 is 11.6 Å². The third kappa shape index (κ3) is 3.60. The van der Waals surface area contributed by atoms with Gasteiger partial charge < -0.3 is 10.2 Å². The molecule has 7 heteroatoms. The van der Waals surface area contributed by atoms with Crippen LogP contribution in [0.1, 0.15) is 24.8 Å². The Morgan fingerprint density at radius 3 is 2.39 bits per heavy atom. The number of carbonyl (C=O) groups is 2. The number of halogens is 2. The average molecular weight is 400 g/mol. The summed E-state index contributed by atoms with van der Waals surface area (Å²) >= 11 is 5.86. The zero-order valence-corrected chi connectivity index (χ0v) is 15.9. The molecule has 0 saturated carbocycles. The highest BCUT2D eigenvalue weighted by Crippen LogP contribution is 2.27. The lowest BCUT2D eigenvalue weighted by molar-refractivity contribution is -0.113. The van der Waals surface area contributed by atoms with Gasteiger partial charge in [0.1, 0.15) is 11.5 Å². The Morgan fingerprint density at radius 1 is 1.00 bits per heavy atom. The number of nitrogens with zero attached hydrogens (tertiary/aromatic N) is 2. The standard InChI is InChI=1S/C21H19ClFN3O2/c22-15-5-7-16(8-6-15)26-20(27)18(24-21(26)28)13-14-4-9-19(17(23)12-14)25-10-2-1-3-11-25/h4-9,12-13H,1-3,10-11H2,(H,24,28)/b18-13+. The lowest BCUT2D eigenvalue weighted by Crippen LogP contribution is -2.30. The van der Waals surface area contributed by atoms with Crippen LogP contribution < -0.4 is 15.1 Å². The first-order valence-electron chi connectivity index (χ1n) is 9.20. The molecule has 2 saturated heterocycles. The summed E-state index contributed by atoms with van der Waals surface area (Å²) in [5.41, 5.74) is 1.61. The summed E-state index contributed by atoms with van der Waals surface area (Å²) in [6, 6.07) is 10.7. The maximum atomic E-state index is 14.6. The molecule has 5 nitrogen and oxygen atoms in total. The molecule has 2 fully saturated rings. The lowest BCUT2D eigenvalue weighted by Gasteiger charge is -2.29. The van der Waals surface area contributed by atoms with Crippen LogP contribution in [0.5, 0.6) is 0 Å². The summed E-state index contributed by atoms with van der Waals surface area (Å²) in [6.45, 7) is 1.70. The van der Waals surface area contributed by atoms with Gasteiger partial charge in [0, 0.05) is 18.1 Å². The van der Waals surface area contributed by atoms with Crippen molar-refractivity contribution in [2.24, 2.45) is 0 Å². The minimum absolute atomic E-state index is 0.102. The Balaban J connectivity index is 1.57. The van der Waals surface area contributed by atoms with Crippen LogP contribution in [-0.4, -0.2) is 25.0 Å². The van der Waals surface area contributed by atoms with Gasteiger partial charge in [0.05, 0.1) is 11.4 Å². The van der Waals surface area contributed by atoms with E-state index in [-0.39, 0.29) is 11.5 Å². The molecule has 28 heavy (non-hydrogen) atoms. The molecule has 0 aromatic heterocycles. The fraction of sp³-hybridized carbons (Fsp3) is 0.238. The zero-order chi connectivity index (χ0) is 19.7. The predicted molar refractivity (Wildman–Crippen MR) is 108 cm³/mol. The van der Waals surface area contributed by atoms with Gasteiger partial charge in [-0.3, -0.25) is 4.79 Å². The third-order valence-corrected chi connectivity index (χ3v) is 5.19. The molecule has 0 bridgehead atoms. The molecular weight excluding hydrogens is 381 g/mol. The molecule has 2 aromatic rings. The second-order valence-electron chi connectivity index (χ2n) is 6.86. The van der Waals surface area contributed by atoms with Gasteiger partial charge in [-0.25, -0.2) is 14.1 Å². The number of piperidine rings is 1. The first-order chi connectivity index (χ1) is 13.5. The molecule has 0 spiro atoms. The molecule has 144 valence electrons. The number of rotatable bonds is 3. The number of imide groups is 1. The number of hydrogen-bond donors (Lipinski definition) is 1. The second kappa shape index (κ2) is 7.64. The summed E-state index contributed by atoms with van der Waals surface area (Å²) in [5.74, 6) is -0.824. The van der Waals surface area contributed by atoms with Gasteiger partial charge in [-0.15, -0.1) is 0 Å². The Labute approximate surface area is 167 Å². The van der Waals surface area contributed by atoms with Crippen molar-refractivity contribution in [1.82, 2.24) is 5.32 Å². The Hall–Kier alpha value is -2.86. The molecule has 4 rings (SSSR count). The molecule has 0 aliphatic carbocycles. The van der Waals surface area contributed by atoms with E-state index in [4.69, 9.17) is 11.6 Å². The van der Waals surface area contributed by atoms with Crippen LogP contribution in [0.25, 0.3) is 6.08 Å². The molecular formula is C21H19ClFN3O2. The number of amides is 3. The fourth-order valence-electron chi connectivity index (χ4n) is 3.53. The van der Waals surface area contributed by atoms with Crippen molar-refractivity contribution in [3.05, 3.63) is 64.6 Å². The molecule has 2 aromatic carbocycles. The molecule has 0 unspecified atom stereocenters. The highest BCUT2D eigenvalue weighted by atomic mass is 35.5. The van der Waals surface area contributed by atoms with Crippen molar-refractivity contribution in [3.8, 4) is 0 Å². The van der Waals surface area contributed by atoms with Crippen molar-refractivity contribution in [2.45, 2.75) is 19.3 Å². The van der Waals surface area contributed by atoms with E-state index in [1.165, 1.54) is 18.6 Å². The molecule has 3 amide bonds. The zero-order valence-electron chi connectivity index (χ0n) is 15.1. The summed E-state index contributed by atoms with van der Waals surface area (Å²) in [5, 5.41) is 3.06. The van der Waals surface area contributed by atoms with Crippen molar-refractivity contribution < 1.29 is 14.0 Å². The summed E-state index contributed by atoms with van der Waals surface area (Å²) in [4.78, 5) is 28.0. The SMILES string of the molecule is O=C1N/C(=C/c2ccc(N3CCCCC3)c(F)c2)C(=O)N1c1ccc(Cl)cc1. The van der Waals surface area contributed by atoms with Crippen molar-refractivity contribution in [3.63, 3.8) is 0 Å².